The summed E-state index contributed by atoms with van der Waals surface area (Å²) < 4.78 is 0. The third-order valence-electron chi connectivity index (χ3n) is 3.03. The Kier molecular flexibility index (Phi) is 5.85. The second kappa shape index (κ2) is 7.16. The van der Waals surface area contributed by atoms with Crippen LogP contribution in [-0.2, 0) is 17.6 Å². The maximum atomic E-state index is 10.7. The van der Waals surface area contributed by atoms with E-state index in [2.05, 4.69) is 16.9 Å². The van der Waals surface area contributed by atoms with Crippen LogP contribution in [0, 0.1) is 6.92 Å². The van der Waals surface area contributed by atoms with E-state index in [0.29, 0.717) is 5.82 Å². The van der Waals surface area contributed by atoms with Gasteiger partial charge in [0, 0.05) is 12.1 Å². The molecule has 0 unspecified atom stereocenters. The number of carbonyl (C=O) groups is 1. The van der Waals surface area contributed by atoms with Gasteiger partial charge in [0.1, 0.15) is 11.9 Å². The minimum absolute atomic E-state index is 0.255. The number of hydrogen-bond acceptors (Lipinski definition) is 3. The Bertz CT molecular complexity index is 388. The van der Waals surface area contributed by atoms with Gasteiger partial charge in [-0.05, 0) is 19.8 Å². The monoisotopic (exact) mass is 253 g/mol. The molecule has 0 radical (unpaired) electrons. The molecule has 0 aliphatic carbocycles. The molecule has 0 spiro atoms. The third-order valence-corrected chi connectivity index (χ3v) is 3.03. The Morgan fingerprint density at radius 1 is 1.44 bits per heavy atom. The minimum Gasteiger partial charge on any atom is -0.480 e. The van der Waals surface area contributed by atoms with E-state index in [4.69, 9.17) is 10.8 Å². The van der Waals surface area contributed by atoms with Gasteiger partial charge in [-0.3, -0.25) is 4.79 Å². The van der Waals surface area contributed by atoms with Crippen LogP contribution in [0.5, 0.6) is 0 Å². The summed E-state index contributed by atoms with van der Waals surface area (Å²) in [5.41, 5.74) is 7.56. The lowest BCUT2D eigenvalue weighted by molar-refractivity contribution is -0.138. The number of carboxylic acids is 1. The van der Waals surface area contributed by atoms with Gasteiger partial charge in [0.25, 0.3) is 0 Å². The Morgan fingerprint density at radius 2 is 2.17 bits per heavy atom. The van der Waals surface area contributed by atoms with Crippen LogP contribution in [0.1, 0.15) is 49.8 Å². The van der Waals surface area contributed by atoms with E-state index in [1.54, 1.807) is 0 Å². The van der Waals surface area contributed by atoms with Crippen molar-refractivity contribution in [1.29, 1.82) is 0 Å². The van der Waals surface area contributed by atoms with Crippen LogP contribution in [0.3, 0.4) is 0 Å². The number of rotatable bonds is 8. The average molecular weight is 253 g/mol. The van der Waals surface area contributed by atoms with Crippen molar-refractivity contribution in [3.05, 3.63) is 17.2 Å². The van der Waals surface area contributed by atoms with Gasteiger partial charge in [0.15, 0.2) is 0 Å². The number of nitrogens with zero attached hydrogens (tertiary/aromatic N) is 1. The molecule has 0 aliphatic heterocycles. The van der Waals surface area contributed by atoms with Gasteiger partial charge in [-0.25, -0.2) is 4.98 Å². The third kappa shape index (κ3) is 4.49. The lowest BCUT2D eigenvalue weighted by atomic mass is 10.1. The van der Waals surface area contributed by atoms with Gasteiger partial charge in [-0.15, -0.1) is 0 Å². The highest BCUT2D eigenvalue weighted by Gasteiger charge is 2.15. The van der Waals surface area contributed by atoms with Crippen molar-refractivity contribution < 1.29 is 9.90 Å². The molecule has 0 bridgehead atoms. The molecule has 1 atom stereocenters. The van der Waals surface area contributed by atoms with Crippen LogP contribution in [0.15, 0.2) is 0 Å². The van der Waals surface area contributed by atoms with Gasteiger partial charge < -0.3 is 15.8 Å². The number of aromatic nitrogens is 2. The van der Waals surface area contributed by atoms with Gasteiger partial charge in [0.2, 0.25) is 0 Å². The van der Waals surface area contributed by atoms with E-state index in [9.17, 15) is 4.79 Å². The molecule has 0 aliphatic rings. The van der Waals surface area contributed by atoms with Crippen LogP contribution < -0.4 is 5.73 Å². The fourth-order valence-corrected chi connectivity index (χ4v) is 1.92. The molecule has 1 aromatic heterocycles. The second-order valence-electron chi connectivity index (χ2n) is 4.71. The fraction of sp³-hybridized carbons (Fsp3) is 0.692. The van der Waals surface area contributed by atoms with Crippen molar-refractivity contribution in [2.24, 2.45) is 5.73 Å². The van der Waals surface area contributed by atoms with Gasteiger partial charge >= 0.3 is 5.97 Å². The van der Waals surface area contributed by atoms with Gasteiger partial charge in [-0.1, -0.05) is 26.2 Å². The molecule has 0 amide bonds. The highest BCUT2D eigenvalue weighted by Crippen LogP contribution is 2.11. The molecule has 0 saturated carbocycles. The Hall–Kier alpha value is -1.36. The summed E-state index contributed by atoms with van der Waals surface area (Å²) in [7, 11) is 0. The zero-order chi connectivity index (χ0) is 13.5. The predicted octanol–water partition coefficient (Wildman–Crippen LogP) is 1.80. The van der Waals surface area contributed by atoms with Crippen molar-refractivity contribution in [3.63, 3.8) is 0 Å². The summed E-state index contributed by atoms with van der Waals surface area (Å²) in [5, 5.41) is 8.75. The summed E-state index contributed by atoms with van der Waals surface area (Å²) in [6.07, 6.45) is 6.02. The van der Waals surface area contributed by atoms with Crippen molar-refractivity contribution in [1.82, 2.24) is 9.97 Å². The Balaban J connectivity index is 2.50. The first-order valence-electron chi connectivity index (χ1n) is 6.57. The molecule has 102 valence electrons. The highest BCUT2D eigenvalue weighted by atomic mass is 16.4. The topological polar surface area (TPSA) is 92.0 Å². The molecule has 0 aromatic carbocycles. The molecule has 0 saturated heterocycles. The summed E-state index contributed by atoms with van der Waals surface area (Å²) >= 11 is 0. The average Bonchev–Trinajstić information content (AvgIpc) is 2.65. The van der Waals surface area contributed by atoms with E-state index in [0.717, 1.165) is 24.2 Å². The normalized spacial score (nSPS) is 12.6. The smallest absolute Gasteiger partial charge is 0.320 e. The van der Waals surface area contributed by atoms with Gasteiger partial charge in [-0.2, -0.15) is 0 Å². The largest absolute Gasteiger partial charge is 0.480 e. The lowest BCUT2D eigenvalue weighted by Crippen LogP contribution is -2.32. The quantitative estimate of drug-likeness (QED) is 0.616. The van der Waals surface area contributed by atoms with Crippen LogP contribution in [0.2, 0.25) is 0 Å². The number of aromatic amines is 1. The predicted molar refractivity (Wildman–Crippen MR) is 70.5 cm³/mol. The number of nitrogens with one attached hydrogen (secondary N) is 1. The standard InChI is InChI=1S/C13H23N3O2/c1-3-4-5-6-7-11-9(2)15-12(16-11)8-10(14)13(17)18/h10H,3-8,14H2,1-2H3,(H,15,16)(H,17,18)/t10-/m1/s1. The summed E-state index contributed by atoms with van der Waals surface area (Å²) in [4.78, 5) is 18.2. The number of aryl methyl sites for hydroxylation is 2. The Morgan fingerprint density at radius 3 is 2.78 bits per heavy atom. The fourth-order valence-electron chi connectivity index (χ4n) is 1.92. The number of aliphatic carboxylic acids is 1. The molecule has 5 heteroatoms. The van der Waals surface area contributed by atoms with Crippen LogP contribution in [0.25, 0.3) is 0 Å². The number of hydrogen-bond donors (Lipinski definition) is 3. The molecule has 18 heavy (non-hydrogen) atoms. The first-order chi connectivity index (χ1) is 8.54. The van der Waals surface area contributed by atoms with E-state index in [1.807, 2.05) is 6.92 Å². The van der Waals surface area contributed by atoms with E-state index >= 15 is 0 Å². The minimum atomic E-state index is -0.992. The van der Waals surface area contributed by atoms with Crippen molar-refractivity contribution in [2.75, 3.05) is 0 Å². The molecule has 0 fully saturated rings. The SMILES string of the molecule is CCCCCCc1nc(C[C@@H](N)C(=O)O)[nH]c1C. The number of nitrogens with two attached hydrogens (primary N) is 1. The maximum absolute atomic E-state index is 10.7. The Labute approximate surface area is 108 Å². The van der Waals surface area contributed by atoms with Crippen LogP contribution >= 0.6 is 0 Å². The first-order valence-corrected chi connectivity index (χ1v) is 6.57. The van der Waals surface area contributed by atoms with Crippen LogP contribution in [-0.4, -0.2) is 27.1 Å². The second-order valence-corrected chi connectivity index (χ2v) is 4.71. The number of imidazole rings is 1. The summed E-state index contributed by atoms with van der Waals surface area (Å²) in [6.45, 7) is 4.16. The molecule has 1 aromatic rings. The molecule has 1 rings (SSSR count). The van der Waals surface area contributed by atoms with Gasteiger partial charge in [0.05, 0.1) is 5.69 Å². The summed E-state index contributed by atoms with van der Waals surface area (Å²) in [5.74, 6) is -0.318. The number of H-pyrrole nitrogens is 1. The molecule has 1 heterocycles. The van der Waals surface area contributed by atoms with Crippen molar-refractivity contribution in [2.45, 2.75) is 58.4 Å². The maximum Gasteiger partial charge on any atom is 0.320 e. The van der Waals surface area contributed by atoms with E-state index in [-0.39, 0.29) is 6.42 Å². The molecular formula is C13H23N3O2. The van der Waals surface area contributed by atoms with Crippen LogP contribution in [0.4, 0.5) is 0 Å². The molecule has 4 N–H and O–H groups in total. The molecule has 5 nitrogen and oxygen atoms in total. The van der Waals surface area contributed by atoms with Crippen molar-refractivity contribution >= 4 is 5.97 Å². The number of carboxylic acid groups (broad SMARTS) is 1. The number of unbranched alkanes of at least 4 members (excludes halogenated alkanes) is 3. The van der Waals surface area contributed by atoms with E-state index < -0.39 is 12.0 Å². The molecular weight excluding hydrogens is 230 g/mol. The van der Waals surface area contributed by atoms with E-state index in [1.165, 1.54) is 19.3 Å². The van der Waals surface area contributed by atoms with Crippen molar-refractivity contribution in [3.8, 4) is 0 Å². The summed E-state index contributed by atoms with van der Waals surface area (Å²) in [6, 6.07) is -0.886. The first kappa shape index (κ1) is 14.7. The highest BCUT2D eigenvalue weighted by molar-refractivity contribution is 5.73. The zero-order valence-corrected chi connectivity index (χ0v) is 11.2. The zero-order valence-electron chi connectivity index (χ0n) is 11.2. The lowest BCUT2D eigenvalue weighted by Gasteiger charge is -2.02.